The fourth-order valence-corrected chi connectivity index (χ4v) is 4.57. The lowest BCUT2D eigenvalue weighted by atomic mass is 10.0. The van der Waals surface area contributed by atoms with Gasteiger partial charge in [-0.25, -0.2) is 17.9 Å². The second kappa shape index (κ2) is 6.19. The molecular weight excluding hydrogens is 409 g/mol. The van der Waals surface area contributed by atoms with E-state index in [4.69, 9.17) is 5.11 Å². The minimum atomic E-state index is -3.86. The Morgan fingerprint density at radius 3 is 2.48 bits per heavy atom. The van der Waals surface area contributed by atoms with Crippen molar-refractivity contribution in [3.8, 4) is 0 Å². The van der Waals surface area contributed by atoms with E-state index < -0.39 is 21.5 Å². The number of aliphatic hydroxyl groups excluding tert-OH is 1. The number of carboxylic acid groups (broad SMARTS) is 1. The number of halogens is 1. The van der Waals surface area contributed by atoms with Crippen LogP contribution in [0.4, 0.5) is 0 Å². The second-order valence-electron chi connectivity index (χ2n) is 5.20. The summed E-state index contributed by atoms with van der Waals surface area (Å²) in [6, 6.07) is 3.97. The molecule has 0 heterocycles. The monoisotopic (exact) mass is 425 g/mol. The van der Waals surface area contributed by atoms with Crippen molar-refractivity contribution in [1.82, 2.24) is 4.72 Å². The van der Waals surface area contributed by atoms with Crippen LogP contribution < -0.4 is 4.72 Å². The van der Waals surface area contributed by atoms with Crippen LogP contribution in [0.2, 0.25) is 0 Å². The van der Waals surface area contributed by atoms with E-state index in [1.807, 2.05) is 22.6 Å². The van der Waals surface area contributed by atoms with Gasteiger partial charge >= 0.3 is 5.97 Å². The van der Waals surface area contributed by atoms with Gasteiger partial charge in [-0.15, -0.1) is 0 Å². The van der Waals surface area contributed by atoms with E-state index in [0.717, 1.165) is 18.9 Å². The highest BCUT2D eigenvalue weighted by molar-refractivity contribution is 14.1. The molecule has 116 valence electrons. The van der Waals surface area contributed by atoms with Crippen molar-refractivity contribution in [3.05, 3.63) is 27.3 Å². The highest BCUT2D eigenvalue weighted by atomic mass is 127. The van der Waals surface area contributed by atoms with Gasteiger partial charge in [0, 0.05) is 3.57 Å². The van der Waals surface area contributed by atoms with E-state index in [1.165, 1.54) is 12.1 Å². The van der Waals surface area contributed by atoms with Crippen molar-refractivity contribution in [1.29, 1.82) is 0 Å². The van der Waals surface area contributed by atoms with E-state index in [-0.39, 0.29) is 17.1 Å². The maximum absolute atomic E-state index is 12.4. The van der Waals surface area contributed by atoms with E-state index in [9.17, 15) is 18.3 Å². The van der Waals surface area contributed by atoms with E-state index in [2.05, 4.69) is 4.72 Å². The van der Waals surface area contributed by atoms with Crippen LogP contribution in [0.5, 0.6) is 0 Å². The van der Waals surface area contributed by atoms with Crippen molar-refractivity contribution in [2.75, 3.05) is 6.61 Å². The molecule has 1 saturated carbocycles. The number of hydrogen-bond acceptors (Lipinski definition) is 4. The minimum absolute atomic E-state index is 0.0528. The van der Waals surface area contributed by atoms with Crippen LogP contribution in [-0.2, 0) is 10.0 Å². The first-order valence-corrected chi connectivity index (χ1v) is 9.04. The molecule has 3 N–H and O–H groups in total. The van der Waals surface area contributed by atoms with Gasteiger partial charge in [-0.3, -0.25) is 0 Å². The van der Waals surface area contributed by atoms with Crippen molar-refractivity contribution in [3.63, 3.8) is 0 Å². The number of benzene rings is 1. The molecule has 1 aliphatic rings. The Kier molecular flexibility index (Phi) is 4.91. The highest BCUT2D eigenvalue weighted by Crippen LogP contribution is 2.31. The number of carbonyl (C=O) groups is 1. The second-order valence-corrected chi connectivity index (χ2v) is 8.04. The normalized spacial score (nSPS) is 17.8. The molecule has 1 fully saturated rings. The number of aliphatic hydroxyl groups is 1. The third-order valence-electron chi connectivity index (χ3n) is 3.69. The van der Waals surface area contributed by atoms with Crippen LogP contribution in [0.25, 0.3) is 0 Å². The summed E-state index contributed by atoms with van der Waals surface area (Å²) in [5, 5.41) is 18.6. The number of aromatic carboxylic acids is 1. The molecule has 0 bridgehead atoms. The Balaban J connectivity index is 2.36. The van der Waals surface area contributed by atoms with Crippen LogP contribution in [-0.4, -0.2) is 36.7 Å². The quantitative estimate of drug-likeness (QED) is 0.622. The highest BCUT2D eigenvalue weighted by Gasteiger charge is 2.37. The molecule has 0 saturated heterocycles. The SMILES string of the molecule is O=C(O)c1cc(S(=O)(=O)NC2(CO)CCCC2)ccc1I. The third kappa shape index (κ3) is 3.55. The first-order valence-electron chi connectivity index (χ1n) is 6.47. The van der Waals surface area contributed by atoms with Crippen LogP contribution in [0.1, 0.15) is 36.0 Å². The first-order chi connectivity index (χ1) is 9.80. The van der Waals surface area contributed by atoms with Gasteiger partial charge in [-0.05, 0) is 53.6 Å². The molecule has 0 amide bonds. The zero-order valence-electron chi connectivity index (χ0n) is 11.2. The molecular formula is C13H16INO5S. The molecule has 0 aliphatic heterocycles. The van der Waals surface area contributed by atoms with Crippen molar-refractivity contribution in [2.45, 2.75) is 36.1 Å². The van der Waals surface area contributed by atoms with Gasteiger partial charge in [0.2, 0.25) is 10.0 Å². The molecule has 21 heavy (non-hydrogen) atoms. The maximum atomic E-state index is 12.4. The molecule has 0 aromatic heterocycles. The molecule has 0 spiro atoms. The van der Waals surface area contributed by atoms with E-state index in [1.54, 1.807) is 0 Å². The lowest BCUT2D eigenvalue weighted by Crippen LogP contribution is -2.49. The van der Waals surface area contributed by atoms with E-state index >= 15 is 0 Å². The van der Waals surface area contributed by atoms with Crippen LogP contribution in [0.3, 0.4) is 0 Å². The van der Waals surface area contributed by atoms with Crippen LogP contribution in [0.15, 0.2) is 23.1 Å². The van der Waals surface area contributed by atoms with Gasteiger partial charge in [-0.1, -0.05) is 12.8 Å². The van der Waals surface area contributed by atoms with Crippen molar-refractivity contribution >= 4 is 38.6 Å². The van der Waals surface area contributed by atoms with Gasteiger partial charge < -0.3 is 10.2 Å². The Morgan fingerprint density at radius 2 is 1.95 bits per heavy atom. The summed E-state index contributed by atoms with van der Waals surface area (Å²) < 4.78 is 27.9. The molecule has 6 nitrogen and oxygen atoms in total. The summed E-state index contributed by atoms with van der Waals surface area (Å²) in [7, 11) is -3.86. The number of hydrogen-bond donors (Lipinski definition) is 3. The average Bonchev–Trinajstić information content (AvgIpc) is 2.87. The smallest absolute Gasteiger partial charge is 0.336 e. The van der Waals surface area contributed by atoms with Crippen LogP contribution >= 0.6 is 22.6 Å². The summed E-state index contributed by atoms with van der Waals surface area (Å²) in [5.74, 6) is -1.17. The molecule has 1 aromatic carbocycles. The Morgan fingerprint density at radius 1 is 1.33 bits per heavy atom. The molecule has 2 rings (SSSR count). The fraction of sp³-hybridized carbons (Fsp3) is 0.462. The summed E-state index contributed by atoms with van der Waals surface area (Å²) >= 11 is 1.84. The van der Waals surface area contributed by atoms with Crippen molar-refractivity contribution < 1.29 is 23.4 Å². The summed E-state index contributed by atoms with van der Waals surface area (Å²) in [6.07, 6.45) is 2.88. The third-order valence-corrected chi connectivity index (χ3v) is 6.21. The Labute approximate surface area is 136 Å². The number of rotatable bonds is 5. The van der Waals surface area contributed by atoms with Gasteiger partial charge in [0.15, 0.2) is 0 Å². The first kappa shape index (κ1) is 16.7. The minimum Gasteiger partial charge on any atom is -0.478 e. The fourth-order valence-electron chi connectivity index (χ4n) is 2.52. The molecule has 0 atom stereocenters. The summed E-state index contributed by atoms with van der Waals surface area (Å²) in [4.78, 5) is 11.0. The standard InChI is InChI=1S/C13H16INO5S/c14-11-4-3-9(7-10(11)12(17)18)21(19,20)15-13(8-16)5-1-2-6-13/h3-4,7,15-16H,1-2,5-6,8H2,(H,17,18). The zero-order chi connectivity index (χ0) is 15.7. The molecule has 8 heteroatoms. The molecule has 1 aromatic rings. The average molecular weight is 425 g/mol. The Bertz CT molecular complexity index is 653. The van der Waals surface area contributed by atoms with Gasteiger partial charge in [0.1, 0.15) is 0 Å². The van der Waals surface area contributed by atoms with Gasteiger partial charge in [0.05, 0.1) is 22.6 Å². The predicted octanol–water partition coefficient (Wildman–Crippen LogP) is 1.57. The molecule has 0 unspecified atom stereocenters. The number of sulfonamides is 1. The topological polar surface area (TPSA) is 104 Å². The maximum Gasteiger partial charge on any atom is 0.336 e. The van der Waals surface area contributed by atoms with Gasteiger partial charge in [0.25, 0.3) is 0 Å². The largest absolute Gasteiger partial charge is 0.478 e. The van der Waals surface area contributed by atoms with E-state index in [0.29, 0.717) is 16.4 Å². The Hall–Kier alpha value is -0.710. The predicted molar refractivity (Wildman–Crippen MR) is 84.7 cm³/mol. The molecule has 1 aliphatic carbocycles. The van der Waals surface area contributed by atoms with Gasteiger partial charge in [-0.2, -0.15) is 0 Å². The lowest BCUT2D eigenvalue weighted by Gasteiger charge is -2.27. The summed E-state index contributed by atoms with van der Waals surface area (Å²) in [5.41, 5.74) is -0.881. The van der Waals surface area contributed by atoms with Crippen LogP contribution in [0, 0.1) is 3.57 Å². The number of carboxylic acids is 1. The summed E-state index contributed by atoms with van der Waals surface area (Å²) in [6.45, 7) is -0.262. The number of nitrogens with one attached hydrogen (secondary N) is 1. The molecule has 0 radical (unpaired) electrons. The van der Waals surface area contributed by atoms with Crippen molar-refractivity contribution in [2.24, 2.45) is 0 Å². The lowest BCUT2D eigenvalue weighted by molar-refractivity contribution is 0.0695. The zero-order valence-corrected chi connectivity index (χ0v) is 14.1.